The summed E-state index contributed by atoms with van der Waals surface area (Å²) in [4.78, 5) is 23.2. The first-order valence-electron chi connectivity index (χ1n) is 8.34. The number of nitrogens with one attached hydrogen (secondary N) is 1. The van der Waals surface area contributed by atoms with Crippen LogP contribution < -0.4 is 14.4 Å². The molecule has 2 rings (SSSR count). The van der Waals surface area contributed by atoms with Crippen molar-refractivity contribution in [2.24, 2.45) is 0 Å². The van der Waals surface area contributed by atoms with Crippen LogP contribution in [0.4, 0.5) is 17.1 Å². The summed E-state index contributed by atoms with van der Waals surface area (Å²) in [6, 6.07) is 7.22. The van der Waals surface area contributed by atoms with Crippen LogP contribution in [-0.4, -0.2) is 38.7 Å². The average molecular weight is 442 g/mol. The molecule has 11 heteroatoms. The van der Waals surface area contributed by atoms with Crippen LogP contribution in [0.2, 0.25) is 5.02 Å². The third kappa shape index (κ3) is 5.15. The highest BCUT2D eigenvalue weighted by atomic mass is 35.5. The molecule has 9 nitrogen and oxygen atoms in total. The molecular formula is C18H20ClN3O6S. The topological polar surface area (TPSA) is 119 Å². The first kappa shape index (κ1) is 22.4. The number of hydrogen-bond donors (Lipinski definition) is 1. The summed E-state index contributed by atoms with van der Waals surface area (Å²) < 4.78 is 31.1. The van der Waals surface area contributed by atoms with Gasteiger partial charge < -0.3 is 10.1 Å². The first-order chi connectivity index (χ1) is 13.5. The number of rotatable bonds is 7. The maximum Gasteiger partial charge on any atom is 0.271 e. The van der Waals surface area contributed by atoms with Crippen LogP contribution in [0, 0.1) is 17.0 Å². The third-order valence-electron chi connectivity index (χ3n) is 4.16. The van der Waals surface area contributed by atoms with E-state index in [1.807, 2.05) is 0 Å². The average Bonchev–Trinajstić information content (AvgIpc) is 2.62. The number of halogens is 1. The number of amides is 1. The van der Waals surface area contributed by atoms with Gasteiger partial charge in [0, 0.05) is 17.2 Å². The standard InChI is InChI=1S/C18H20ClN3O6S/c1-11-5-7-14(22(24)25)10-15(11)20-18(23)12(2)21(29(4,26)27)16-9-13(19)6-8-17(16)28-3/h5-10,12H,1-4H3,(H,20,23)/t12-/m0/s1. The normalized spacial score (nSPS) is 12.2. The number of hydrogen-bond acceptors (Lipinski definition) is 6. The van der Waals surface area contributed by atoms with Gasteiger partial charge in [0.15, 0.2) is 0 Å². The third-order valence-corrected chi connectivity index (χ3v) is 5.62. The number of anilines is 2. The minimum Gasteiger partial charge on any atom is -0.495 e. The number of ether oxygens (including phenoxy) is 1. The minimum absolute atomic E-state index is 0.0981. The lowest BCUT2D eigenvalue weighted by molar-refractivity contribution is -0.384. The number of non-ortho nitro benzene ring substituents is 1. The van der Waals surface area contributed by atoms with E-state index in [4.69, 9.17) is 16.3 Å². The van der Waals surface area contributed by atoms with Crippen LogP contribution >= 0.6 is 11.6 Å². The molecule has 2 aromatic carbocycles. The van der Waals surface area contributed by atoms with E-state index >= 15 is 0 Å². The summed E-state index contributed by atoms with van der Waals surface area (Å²) in [6.45, 7) is 3.06. The molecule has 0 aromatic heterocycles. The largest absolute Gasteiger partial charge is 0.495 e. The van der Waals surface area contributed by atoms with E-state index in [9.17, 15) is 23.3 Å². The summed E-state index contributed by atoms with van der Waals surface area (Å²) >= 11 is 6.01. The van der Waals surface area contributed by atoms with E-state index in [1.54, 1.807) is 6.92 Å². The highest BCUT2D eigenvalue weighted by Crippen LogP contribution is 2.34. The van der Waals surface area contributed by atoms with Gasteiger partial charge in [-0.05, 0) is 37.6 Å². The molecule has 0 saturated heterocycles. The molecule has 1 N–H and O–H groups in total. The van der Waals surface area contributed by atoms with Crippen molar-refractivity contribution in [3.63, 3.8) is 0 Å². The number of sulfonamides is 1. The second-order valence-corrected chi connectivity index (χ2v) is 8.59. The molecule has 156 valence electrons. The summed E-state index contributed by atoms with van der Waals surface area (Å²) in [5, 5.41) is 13.8. The predicted molar refractivity (Wildman–Crippen MR) is 111 cm³/mol. The zero-order valence-corrected chi connectivity index (χ0v) is 17.7. The van der Waals surface area contributed by atoms with Crippen LogP contribution in [0.1, 0.15) is 12.5 Å². The SMILES string of the molecule is COc1ccc(Cl)cc1N([C@@H](C)C(=O)Nc1cc([N+](=O)[O-])ccc1C)S(C)(=O)=O. The fraction of sp³-hybridized carbons (Fsp3) is 0.278. The lowest BCUT2D eigenvalue weighted by Crippen LogP contribution is -2.45. The first-order valence-corrected chi connectivity index (χ1v) is 10.6. The monoisotopic (exact) mass is 441 g/mol. The fourth-order valence-corrected chi connectivity index (χ4v) is 4.05. The van der Waals surface area contributed by atoms with Crippen LogP contribution in [0.25, 0.3) is 0 Å². The van der Waals surface area contributed by atoms with Crippen molar-refractivity contribution in [1.29, 1.82) is 0 Å². The lowest BCUT2D eigenvalue weighted by atomic mass is 10.1. The predicted octanol–water partition coefficient (Wildman–Crippen LogP) is 3.36. The molecule has 0 spiro atoms. The molecule has 1 atom stereocenters. The van der Waals surface area contributed by atoms with E-state index in [0.29, 0.717) is 5.56 Å². The van der Waals surface area contributed by atoms with Gasteiger partial charge >= 0.3 is 0 Å². The van der Waals surface area contributed by atoms with Crippen molar-refractivity contribution in [2.45, 2.75) is 19.9 Å². The molecule has 0 heterocycles. The molecule has 0 aliphatic rings. The van der Waals surface area contributed by atoms with E-state index in [-0.39, 0.29) is 27.8 Å². The van der Waals surface area contributed by atoms with Crippen molar-refractivity contribution >= 4 is 44.6 Å². The Hall–Kier alpha value is -2.85. The number of methoxy groups -OCH3 is 1. The number of aryl methyl sites for hydroxylation is 1. The van der Waals surface area contributed by atoms with Crippen molar-refractivity contribution < 1.29 is 22.9 Å². The van der Waals surface area contributed by atoms with E-state index in [2.05, 4.69) is 5.32 Å². The highest BCUT2D eigenvalue weighted by Gasteiger charge is 2.32. The number of carbonyl (C=O) groups is 1. The summed E-state index contributed by atoms with van der Waals surface area (Å²) in [5.74, 6) is -0.466. The summed E-state index contributed by atoms with van der Waals surface area (Å²) in [6.07, 6.45) is 0.954. The Kier molecular flexibility index (Phi) is 6.70. The number of carbonyl (C=O) groups excluding carboxylic acids is 1. The Morgan fingerprint density at radius 3 is 2.48 bits per heavy atom. The van der Waals surface area contributed by atoms with Gasteiger partial charge in [0.05, 0.1) is 29.7 Å². The van der Waals surface area contributed by atoms with Crippen LogP contribution in [-0.2, 0) is 14.8 Å². The van der Waals surface area contributed by atoms with Crippen molar-refractivity contribution in [1.82, 2.24) is 0 Å². The number of nitrogens with zero attached hydrogens (tertiary/aromatic N) is 2. The van der Waals surface area contributed by atoms with Gasteiger partial charge in [0.1, 0.15) is 11.8 Å². The highest BCUT2D eigenvalue weighted by molar-refractivity contribution is 7.92. The molecule has 0 aliphatic heterocycles. The molecule has 0 saturated carbocycles. The Bertz CT molecular complexity index is 1060. The Labute approximate surface area is 173 Å². The molecular weight excluding hydrogens is 422 g/mol. The van der Waals surface area contributed by atoms with Crippen LogP contribution in [0.3, 0.4) is 0 Å². The molecule has 29 heavy (non-hydrogen) atoms. The van der Waals surface area contributed by atoms with Crippen LogP contribution in [0.15, 0.2) is 36.4 Å². The van der Waals surface area contributed by atoms with Gasteiger partial charge in [0.25, 0.3) is 5.69 Å². The van der Waals surface area contributed by atoms with Gasteiger partial charge in [-0.2, -0.15) is 0 Å². The fourth-order valence-electron chi connectivity index (χ4n) is 2.71. The molecule has 1 amide bonds. The Morgan fingerprint density at radius 2 is 1.93 bits per heavy atom. The van der Waals surface area contributed by atoms with Crippen molar-refractivity contribution in [3.05, 3.63) is 57.1 Å². The van der Waals surface area contributed by atoms with Crippen LogP contribution in [0.5, 0.6) is 5.75 Å². The van der Waals surface area contributed by atoms with Gasteiger partial charge in [-0.15, -0.1) is 0 Å². The Morgan fingerprint density at radius 1 is 1.28 bits per heavy atom. The lowest BCUT2D eigenvalue weighted by Gasteiger charge is -2.29. The molecule has 0 aliphatic carbocycles. The second-order valence-electron chi connectivity index (χ2n) is 6.30. The summed E-state index contributed by atoms with van der Waals surface area (Å²) in [5.41, 5.74) is 0.695. The zero-order chi connectivity index (χ0) is 21.9. The van der Waals surface area contributed by atoms with Gasteiger partial charge in [-0.25, -0.2) is 8.42 Å². The number of nitro groups is 1. The Balaban J connectivity index is 2.45. The van der Waals surface area contributed by atoms with Crippen molar-refractivity contribution in [3.8, 4) is 5.75 Å². The van der Waals surface area contributed by atoms with Gasteiger partial charge in [-0.3, -0.25) is 19.2 Å². The van der Waals surface area contributed by atoms with Gasteiger partial charge in [0.2, 0.25) is 15.9 Å². The smallest absolute Gasteiger partial charge is 0.271 e. The second kappa shape index (κ2) is 8.66. The minimum atomic E-state index is -3.91. The number of nitro benzene ring substituents is 1. The number of benzene rings is 2. The van der Waals surface area contributed by atoms with E-state index < -0.39 is 26.9 Å². The molecule has 0 fully saturated rings. The van der Waals surface area contributed by atoms with Gasteiger partial charge in [-0.1, -0.05) is 17.7 Å². The molecule has 2 aromatic rings. The maximum absolute atomic E-state index is 12.8. The quantitative estimate of drug-likeness (QED) is 0.519. The van der Waals surface area contributed by atoms with E-state index in [0.717, 1.165) is 10.6 Å². The maximum atomic E-state index is 12.8. The molecule has 0 unspecified atom stereocenters. The molecule has 0 bridgehead atoms. The van der Waals surface area contributed by atoms with Crippen molar-refractivity contribution in [2.75, 3.05) is 23.0 Å². The zero-order valence-electron chi connectivity index (χ0n) is 16.2. The summed E-state index contributed by atoms with van der Waals surface area (Å²) in [7, 11) is -2.54. The van der Waals surface area contributed by atoms with E-state index in [1.165, 1.54) is 50.4 Å². The molecule has 0 radical (unpaired) electrons.